The standard InChI is InChI=1S/C12H16N2O2/c1-9-5-4-8-13-11(9)12(15)14-16-10-6-2-3-7-10/h4-5,8,10H,2-3,6-7H2,1H3,(H,14,15). The normalized spacial score (nSPS) is 16.3. The molecule has 1 saturated carbocycles. The first-order valence-corrected chi connectivity index (χ1v) is 5.65. The molecule has 1 aliphatic rings. The van der Waals surface area contributed by atoms with Crippen LogP contribution in [0.3, 0.4) is 0 Å². The smallest absolute Gasteiger partial charge is 0.270 e. The average molecular weight is 220 g/mol. The highest BCUT2D eigenvalue weighted by Crippen LogP contribution is 2.19. The summed E-state index contributed by atoms with van der Waals surface area (Å²) in [6.07, 6.45) is 6.21. The highest BCUT2D eigenvalue weighted by atomic mass is 16.7. The summed E-state index contributed by atoms with van der Waals surface area (Å²) in [6.45, 7) is 1.86. The lowest BCUT2D eigenvalue weighted by atomic mass is 10.2. The molecule has 4 nitrogen and oxygen atoms in total. The van der Waals surface area contributed by atoms with E-state index in [1.54, 1.807) is 6.20 Å². The van der Waals surface area contributed by atoms with Gasteiger partial charge in [0.15, 0.2) is 0 Å². The number of hydrogen-bond donors (Lipinski definition) is 1. The summed E-state index contributed by atoms with van der Waals surface area (Å²) in [4.78, 5) is 21.1. The van der Waals surface area contributed by atoms with Crippen LogP contribution in [0.15, 0.2) is 18.3 Å². The van der Waals surface area contributed by atoms with Crippen LogP contribution < -0.4 is 5.48 Å². The number of pyridine rings is 1. The molecular formula is C12H16N2O2. The van der Waals surface area contributed by atoms with Crippen molar-refractivity contribution in [2.45, 2.75) is 38.7 Å². The summed E-state index contributed by atoms with van der Waals surface area (Å²) < 4.78 is 0. The summed E-state index contributed by atoms with van der Waals surface area (Å²) in [6, 6.07) is 3.67. The number of nitrogens with one attached hydrogen (secondary N) is 1. The monoisotopic (exact) mass is 220 g/mol. The van der Waals surface area contributed by atoms with Crippen LogP contribution in [0.2, 0.25) is 0 Å². The van der Waals surface area contributed by atoms with Crippen molar-refractivity contribution >= 4 is 5.91 Å². The SMILES string of the molecule is Cc1cccnc1C(=O)NOC1CCCC1. The maximum atomic E-state index is 11.7. The second-order valence-electron chi connectivity index (χ2n) is 4.12. The molecule has 16 heavy (non-hydrogen) atoms. The molecule has 2 rings (SSSR count). The fourth-order valence-electron chi connectivity index (χ4n) is 1.91. The second-order valence-corrected chi connectivity index (χ2v) is 4.12. The van der Waals surface area contributed by atoms with Crippen molar-refractivity contribution in [2.75, 3.05) is 0 Å². The molecule has 0 spiro atoms. The summed E-state index contributed by atoms with van der Waals surface area (Å²) in [5.74, 6) is -0.259. The van der Waals surface area contributed by atoms with Gasteiger partial charge in [0, 0.05) is 6.20 Å². The largest absolute Gasteiger partial charge is 0.293 e. The van der Waals surface area contributed by atoms with E-state index in [4.69, 9.17) is 4.84 Å². The van der Waals surface area contributed by atoms with E-state index in [1.807, 2.05) is 19.1 Å². The molecule has 1 aromatic rings. The van der Waals surface area contributed by atoms with Crippen LogP contribution in [-0.2, 0) is 4.84 Å². The Morgan fingerprint density at radius 1 is 1.50 bits per heavy atom. The van der Waals surface area contributed by atoms with E-state index in [-0.39, 0.29) is 12.0 Å². The minimum atomic E-state index is -0.259. The third-order valence-electron chi connectivity index (χ3n) is 2.85. The van der Waals surface area contributed by atoms with Gasteiger partial charge < -0.3 is 0 Å². The summed E-state index contributed by atoms with van der Waals surface area (Å²) in [5, 5.41) is 0. The van der Waals surface area contributed by atoms with Crippen molar-refractivity contribution in [3.05, 3.63) is 29.6 Å². The number of hydrogen-bond acceptors (Lipinski definition) is 3. The zero-order valence-corrected chi connectivity index (χ0v) is 9.40. The topological polar surface area (TPSA) is 51.2 Å². The molecule has 0 unspecified atom stereocenters. The van der Waals surface area contributed by atoms with Gasteiger partial charge >= 0.3 is 0 Å². The van der Waals surface area contributed by atoms with E-state index in [2.05, 4.69) is 10.5 Å². The number of aryl methyl sites for hydroxylation is 1. The molecule has 1 N–H and O–H groups in total. The molecule has 86 valence electrons. The molecule has 4 heteroatoms. The lowest BCUT2D eigenvalue weighted by Gasteiger charge is -2.11. The van der Waals surface area contributed by atoms with Gasteiger partial charge in [0.1, 0.15) is 5.69 Å². The highest BCUT2D eigenvalue weighted by molar-refractivity contribution is 5.92. The highest BCUT2D eigenvalue weighted by Gasteiger charge is 2.18. The van der Waals surface area contributed by atoms with Gasteiger partial charge in [-0.15, -0.1) is 0 Å². The number of nitrogens with zero attached hydrogens (tertiary/aromatic N) is 1. The fraction of sp³-hybridized carbons (Fsp3) is 0.500. The number of amides is 1. The van der Waals surface area contributed by atoms with Crippen LogP contribution in [0.4, 0.5) is 0 Å². The molecule has 1 amide bonds. The Morgan fingerprint density at radius 3 is 2.94 bits per heavy atom. The molecule has 0 aromatic carbocycles. The first-order valence-electron chi connectivity index (χ1n) is 5.65. The molecule has 1 aromatic heterocycles. The molecule has 0 radical (unpaired) electrons. The Bertz CT molecular complexity index is 373. The third-order valence-corrected chi connectivity index (χ3v) is 2.85. The zero-order valence-electron chi connectivity index (χ0n) is 9.40. The van der Waals surface area contributed by atoms with Gasteiger partial charge in [0.25, 0.3) is 5.91 Å². The van der Waals surface area contributed by atoms with E-state index in [9.17, 15) is 4.79 Å². The first kappa shape index (κ1) is 11.1. The molecule has 1 fully saturated rings. The predicted octanol–water partition coefficient (Wildman–Crippen LogP) is 1.99. The number of hydroxylamine groups is 1. The van der Waals surface area contributed by atoms with Gasteiger partial charge in [0.2, 0.25) is 0 Å². The summed E-state index contributed by atoms with van der Waals surface area (Å²) in [5.41, 5.74) is 3.77. The number of carbonyl (C=O) groups excluding carboxylic acids is 1. The molecule has 0 bridgehead atoms. The van der Waals surface area contributed by atoms with Crippen LogP contribution in [-0.4, -0.2) is 17.0 Å². The van der Waals surface area contributed by atoms with Crippen LogP contribution in [0.1, 0.15) is 41.7 Å². The fourth-order valence-corrected chi connectivity index (χ4v) is 1.91. The van der Waals surface area contributed by atoms with Gasteiger partial charge in [-0.2, -0.15) is 0 Å². The Morgan fingerprint density at radius 2 is 2.25 bits per heavy atom. The minimum Gasteiger partial charge on any atom is -0.270 e. The Hall–Kier alpha value is -1.42. The number of carbonyl (C=O) groups is 1. The van der Waals surface area contributed by atoms with Gasteiger partial charge in [-0.05, 0) is 31.4 Å². The van der Waals surface area contributed by atoms with Crippen LogP contribution in [0.25, 0.3) is 0 Å². The lowest BCUT2D eigenvalue weighted by molar-refractivity contribution is -0.0128. The maximum Gasteiger partial charge on any atom is 0.293 e. The van der Waals surface area contributed by atoms with Crippen molar-refractivity contribution in [3.8, 4) is 0 Å². The van der Waals surface area contributed by atoms with Crippen molar-refractivity contribution in [1.29, 1.82) is 0 Å². The molecular weight excluding hydrogens is 204 g/mol. The molecule has 1 aliphatic carbocycles. The van der Waals surface area contributed by atoms with Crippen molar-refractivity contribution in [3.63, 3.8) is 0 Å². The van der Waals surface area contributed by atoms with Crippen LogP contribution >= 0.6 is 0 Å². The van der Waals surface area contributed by atoms with Crippen LogP contribution in [0.5, 0.6) is 0 Å². The molecule has 0 aliphatic heterocycles. The average Bonchev–Trinajstić information content (AvgIpc) is 2.79. The maximum absolute atomic E-state index is 11.7. The Balaban J connectivity index is 1.90. The van der Waals surface area contributed by atoms with Gasteiger partial charge in [-0.25, -0.2) is 5.48 Å². The van der Waals surface area contributed by atoms with E-state index in [0.29, 0.717) is 5.69 Å². The van der Waals surface area contributed by atoms with Crippen molar-refractivity contribution < 1.29 is 9.63 Å². The lowest BCUT2D eigenvalue weighted by Crippen LogP contribution is -2.29. The van der Waals surface area contributed by atoms with Crippen molar-refractivity contribution in [2.24, 2.45) is 0 Å². The van der Waals surface area contributed by atoms with E-state index in [1.165, 1.54) is 12.8 Å². The summed E-state index contributed by atoms with van der Waals surface area (Å²) >= 11 is 0. The molecule has 1 heterocycles. The number of aromatic nitrogens is 1. The Kier molecular flexibility index (Phi) is 3.51. The van der Waals surface area contributed by atoms with Crippen LogP contribution in [0, 0.1) is 6.92 Å². The summed E-state index contributed by atoms with van der Waals surface area (Å²) in [7, 11) is 0. The molecule has 0 atom stereocenters. The third kappa shape index (κ3) is 2.58. The second kappa shape index (κ2) is 5.07. The quantitative estimate of drug-likeness (QED) is 0.792. The Labute approximate surface area is 95.0 Å². The van der Waals surface area contributed by atoms with Gasteiger partial charge in [0.05, 0.1) is 6.10 Å². The van der Waals surface area contributed by atoms with E-state index >= 15 is 0 Å². The van der Waals surface area contributed by atoms with E-state index < -0.39 is 0 Å². The predicted molar refractivity (Wildman–Crippen MR) is 59.8 cm³/mol. The van der Waals surface area contributed by atoms with E-state index in [0.717, 1.165) is 18.4 Å². The van der Waals surface area contributed by atoms with Gasteiger partial charge in [-0.3, -0.25) is 14.6 Å². The van der Waals surface area contributed by atoms with Gasteiger partial charge in [-0.1, -0.05) is 18.9 Å². The number of rotatable bonds is 3. The first-order chi connectivity index (χ1) is 7.77. The molecule has 0 saturated heterocycles. The zero-order chi connectivity index (χ0) is 11.4. The van der Waals surface area contributed by atoms with Crippen molar-refractivity contribution in [1.82, 2.24) is 10.5 Å². The minimum absolute atomic E-state index is 0.174.